The number of aromatic nitrogens is 2. The Labute approximate surface area is 146 Å². The fourth-order valence-electron chi connectivity index (χ4n) is 2.03. The van der Waals surface area contributed by atoms with Crippen molar-refractivity contribution in [2.75, 3.05) is 17.2 Å². The summed E-state index contributed by atoms with van der Waals surface area (Å²) >= 11 is 0. The molecule has 0 saturated carbocycles. The summed E-state index contributed by atoms with van der Waals surface area (Å²) in [7, 11) is 0. The van der Waals surface area contributed by atoms with E-state index >= 15 is 0 Å². The van der Waals surface area contributed by atoms with Crippen LogP contribution in [0.3, 0.4) is 0 Å². The molecule has 0 radical (unpaired) electrons. The minimum atomic E-state index is -4.74. The topological polar surface area (TPSA) is 70.1 Å². The summed E-state index contributed by atoms with van der Waals surface area (Å²) in [5, 5.41) is 14.4. The van der Waals surface area contributed by atoms with Gasteiger partial charge < -0.3 is 15.7 Å². The average molecular weight is 376 g/mol. The summed E-state index contributed by atoms with van der Waals surface area (Å²) in [6.07, 6.45) is -4.74. The van der Waals surface area contributed by atoms with Gasteiger partial charge in [-0.1, -0.05) is 13.8 Å². The van der Waals surface area contributed by atoms with Crippen LogP contribution in [0.15, 0.2) is 24.3 Å². The second-order valence-electron chi connectivity index (χ2n) is 5.89. The normalized spacial score (nSPS) is 13.0. The third-order valence-electron chi connectivity index (χ3n) is 3.52. The first kappa shape index (κ1) is 19.8. The predicted octanol–water partition coefficient (Wildman–Crippen LogP) is 3.95. The maximum absolute atomic E-state index is 13.3. The van der Waals surface area contributed by atoms with Crippen molar-refractivity contribution in [2.24, 2.45) is 5.92 Å². The Hall–Kier alpha value is -2.49. The maximum Gasteiger partial charge on any atom is 0.433 e. The molecule has 0 spiro atoms. The van der Waals surface area contributed by atoms with Crippen LogP contribution in [0.2, 0.25) is 0 Å². The molecule has 2 aromatic rings. The number of hydrogen-bond acceptors (Lipinski definition) is 5. The highest BCUT2D eigenvalue weighted by Crippen LogP contribution is 2.31. The molecule has 1 aromatic heterocycles. The number of nitrogens with zero attached hydrogens (tertiary/aromatic N) is 2. The van der Waals surface area contributed by atoms with Gasteiger partial charge in [-0.15, -0.1) is 0 Å². The van der Waals surface area contributed by atoms with Crippen LogP contribution in [0.4, 0.5) is 39.4 Å². The predicted molar refractivity (Wildman–Crippen MR) is 86.0 cm³/mol. The van der Waals surface area contributed by atoms with E-state index < -0.39 is 29.5 Å². The Bertz CT molecular complexity index is 767. The molecule has 1 heterocycles. The van der Waals surface area contributed by atoms with Crippen LogP contribution in [0.1, 0.15) is 19.5 Å². The highest BCUT2D eigenvalue weighted by atomic mass is 19.4. The lowest BCUT2D eigenvalue weighted by Crippen LogP contribution is -2.30. The van der Waals surface area contributed by atoms with Gasteiger partial charge in [0.25, 0.3) is 0 Å². The molecule has 0 aliphatic rings. The van der Waals surface area contributed by atoms with E-state index in [9.17, 15) is 27.1 Å². The van der Waals surface area contributed by atoms with Crippen LogP contribution in [0.25, 0.3) is 0 Å². The summed E-state index contributed by atoms with van der Waals surface area (Å²) in [4.78, 5) is 7.32. The van der Waals surface area contributed by atoms with E-state index in [0.717, 1.165) is 18.2 Å². The monoisotopic (exact) mass is 376 g/mol. The molecule has 0 unspecified atom stereocenters. The van der Waals surface area contributed by atoms with Gasteiger partial charge in [-0.3, -0.25) is 0 Å². The van der Waals surface area contributed by atoms with Crippen LogP contribution in [-0.2, 0) is 6.18 Å². The third-order valence-corrected chi connectivity index (χ3v) is 3.52. The summed E-state index contributed by atoms with van der Waals surface area (Å²) in [5.74, 6) is -2.95. The van der Waals surface area contributed by atoms with Gasteiger partial charge in [-0.05, 0) is 18.1 Å². The Morgan fingerprint density at radius 3 is 2.31 bits per heavy atom. The first-order valence-corrected chi connectivity index (χ1v) is 7.66. The van der Waals surface area contributed by atoms with Gasteiger partial charge in [0.1, 0.15) is 5.82 Å². The Morgan fingerprint density at radius 1 is 1.08 bits per heavy atom. The standard InChI is InChI=1S/C16H17F5N4O/c1-8(2)12(7-26)23-15-24-13(16(19,20)21)6-14(25-15)22-9-3-4-10(17)11(18)5-9/h3-6,8,12,26H,7H2,1-2H3,(H2,22,23,24,25)/t12-/m0/s1. The SMILES string of the molecule is CC(C)[C@H](CO)Nc1nc(Nc2ccc(F)c(F)c2)cc(C(F)(F)F)n1. The van der Waals surface area contributed by atoms with Gasteiger partial charge in [0.2, 0.25) is 5.95 Å². The highest BCUT2D eigenvalue weighted by Gasteiger charge is 2.34. The summed E-state index contributed by atoms with van der Waals surface area (Å²) in [6.45, 7) is 3.20. The van der Waals surface area contributed by atoms with E-state index in [-0.39, 0.29) is 30.0 Å². The number of rotatable bonds is 6. The number of aliphatic hydroxyl groups excluding tert-OH is 1. The van der Waals surface area contributed by atoms with E-state index in [0.29, 0.717) is 6.07 Å². The summed E-state index contributed by atoms with van der Waals surface area (Å²) in [5.41, 5.74) is -1.20. The van der Waals surface area contributed by atoms with Gasteiger partial charge in [0.15, 0.2) is 17.3 Å². The maximum atomic E-state index is 13.3. The molecule has 0 fully saturated rings. The molecule has 3 N–H and O–H groups in total. The van der Waals surface area contributed by atoms with E-state index in [2.05, 4.69) is 20.6 Å². The lowest BCUT2D eigenvalue weighted by Gasteiger charge is -2.21. The Kier molecular flexibility index (Phi) is 5.96. The second-order valence-corrected chi connectivity index (χ2v) is 5.89. The molecule has 0 amide bonds. The fraction of sp³-hybridized carbons (Fsp3) is 0.375. The van der Waals surface area contributed by atoms with Gasteiger partial charge in [0.05, 0.1) is 12.6 Å². The summed E-state index contributed by atoms with van der Waals surface area (Å²) < 4.78 is 65.5. The van der Waals surface area contributed by atoms with Gasteiger partial charge in [-0.25, -0.2) is 13.8 Å². The van der Waals surface area contributed by atoms with Gasteiger partial charge in [-0.2, -0.15) is 18.2 Å². The van der Waals surface area contributed by atoms with E-state index in [4.69, 9.17) is 0 Å². The molecular formula is C16H17F5N4O. The van der Waals surface area contributed by atoms with Crippen LogP contribution in [-0.4, -0.2) is 27.7 Å². The molecule has 0 saturated heterocycles. The van der Waals surface area contributed by atoms with Crippen molar-refractivity contribution in [1.29, 1.82) is 0 Å². The first-order valence-electron chi connectivity index (χ1n) is 7.66. The average Bonchev–Trinajstić information content (AvgIpc) is 2.55. The molecule has 0 aliphatic carbocycles. The zero-order valence-corrected chi connectivity index (χ0v) is 13.9. The third kappa shape index (κ3) is 5.01. The number of benzene rings is 1. The smallest absolute Gasteiger partial charge is 0.394 e. The zero-order valence-electron chi connectivity index (χ0n) is 13.9. The Morgan fingerprint density at radius 2 is 1.77 bits per heavy atom. The number of aliphatic hydroxyl groups is 1. The lowest BCUT2D eigenvalue weighted by molar-refractivity contribution is -0.141. The number of nitrogens with one attached hydrogen (secondary N) is 2. The van der Waals surface area contributed by atoms with Crippen LogP contribution in [0.5, 0.6) is 0 Å². The minimum absolute atomic E-state index is 0.0178. The first-order chi connectivity index (χ1) is 12.1. The Balaban J connectivity index is 2.38. The fourth-order valence-corrected chi connectivity index (χ4v) is 2.03. The quantitative estimate of drug-likeness (QED) is 0.666. The minimum Gasteiger partial charge on any atom is -0.394 e. The van der Waals surface area contributed by atoms with Gasteiger partial charge in [0, 0.05) is 17.8 Å². The second kappa shape index (κ2) is 7.81. The van der Waals surface area contributed by atoms with Crippen molar-refractivity contribution in [3.63, 3.8) is 0 Å². The molecule has 0 bridgehead atoms. The molecule has 10 heteroatoms. The number of alkyl halides is 3. The van der Waals surface area contributed by atoms with E-state index in [1.54, 1.807) is 13.8 Å². The molecule has 26 heavy (non-hydrogen) atoms. The molecular weight excluding hydrogens is 359 g/mol. The van der Waals surface area contributed by atoms with Crippen LogP contribution >= 0.6 is 0 Å². The van der Waals surface area contributed by atoms with Crippen LogP contribution in [0, 0.1) is 17.6 Å². The van der Waals surface area contributed by atoms with E-state index in [1.807, 2.05) is 0 Å². The van der Waals surface area contributed by atoms with Crippen molar-refractivity contribution in [3.05, 3.63) is 41.6 Å². The molecule has 142 valence electrons. The number of hydrogen-bond donors (Lipinski definition) is 3. The summed E-state index contributed by atoms with van der Waals surface area (Å²) in [6, 6.07) is 2.88. The molecule has 5 nitrogen and oxygen atoms in total. The van der Waals surface area contributed by atoms with Gasteiger partial charge >= 0.3 is 6.18 Å². The number of anilines is 3. The molecule has 0 aliphatic heterocycles. The molecule has 1 atom stereocenters. The largest absolute Gasteiger partial charge is 0.433 e. The molecule has 2 rings (SSSR count). The lowest BCUT2D eigenvalue weighted by atomic mass is 10.1. The van der Waals surface area contributed by atoms with E-state index in [1.165, 1.54) is 0 Å². The number of halogens is 5. The molecule has 1 aromatic carbocycles. The highest BCUT2D eigenvalue weighted by molar-refractivity contribution is 5.58. The van der Waals surface area contributed by atoms with Crippen molar-refractivity contribution >= 4 is 17.5 Å². The van der Waals surface area contributed by atoms with Crippen molar-refractivity contribution in [3.8, 4) is 0 Å². The van der Waals surface area contributed by atoms with Crippen molar-refractivity contribution in [1.82, 2.24) is 9.97 Å². The van der Waals surface area contributed by atoms with Crippen molar-refractivity contribution < 1.29 is 27.1 Å². The van der Waals surface area contributed by atoms with Crippen molar-refractivity contribution in [2.45, 2.75) is 26.1 Å². The zero-order chi connectivity index (χ0) is 19.5. The van der Waals surface area contributed by atoms with Crippen LogP contribution < -0.4 is 10.6 Å².